The summed E-state index contributed by atoms with van der Waals surface area (Å²) < 4.78 is 0. The first-order valence-electron chi connectivity index (χ1n) is 6.84. The summed E-state index contributed by atoms with van der Waals surface area (Å²) in [5, 5.41) is 20.8. The zero-order valence-corrected chi connectivity index (χ0v) is 11.4. The van der Waals surface area contributed by atoms with Crippen LogP contribution < -0.4 is 5.32 Å². The Bertz CT molecular complexity index is 510. The largest absolute Gasteiger partial charge is 0.396 e. The van der Waals surface area contributed by atoms with Gasteiger partial charge in [-0.05, 0) is 43.5 Å². The van der Waals surface area contributed by atoms with Gasteiger partial charge >= 0.3 is 0 Å². The van der Waals surface area contributed by atoms with Crippen molar-refractivity contribution in [2.24, 2.45) is 5.92 Å². The third kappa shape index (κ3) is 4.05. The Morgan fingerprint density at radius 3 is 3.15 bits per heavy atom. The highest BCUT2D eigenvalue weighted by Gasteiger charge is 2.20. The van der Waals surface area contributed by atoms with Crippen LogP contribution in [0.15, 0.2) is 24.3 Å². The van der Waals surface area contributed by atoms with Crippen LogP contribution in [-0.4, -0.2) is 42.2 Å². The number of aliphatic hydroxyl groups is 1. The Labute approximate surface area is 118 Å². The zero-order valence-electron chi connectivity index (χ0n) is 11.4. The number of rotatable bonds is 4. The predicted molar refractivity (Wildman–Crippen MR) is 76.0 cm³/mol. The fourth-order valence-corrected chi connectivity index (χ4v) is 2.51. The van der Waals surface area contributed by atoms with Gasteiger partial charge in [-0.1, -0.05) is 6.07 Å². The fourth-order valence-electron chi connectivity index (χ4n) is 2.51. The van der Waals surface area contributed by atoms with Gasteiger partial charge in [0.15, 0.2) is 0 Å². The lowest BCUT2D eigenvalue weighted by Crippen LogP contribution is -2.41. The second-order valence-electron chi connectivity index (χ2n) is 5.17. The Balaban J connectivity index is 1.87. The van der Waals surface area contributed by atoms with Crippen molar-refractivity contribution in [1.82, 2.24) is 4.90 Å². The van der Waals surface area contributed by atoms with E-state index in [4.69, 9.17) is 5.26 Å². The van der Waals surface area contributed by atoms with Crippen LogP contribution in [0.2, 0.25) is 0 Å². The molecule has 1 aromatic rings. The standard InChI is InChI=1S/C15H19N3O2/c16-8-12-3-1-5-14(7-12)17-15(20)10-18-6-2-4-13(9-18)11-19/h1,3,5,7,13,19H,2,4,6,9-11H2,(H,17,20). The molecule has 1 aliphatic heterocycles. The molecule has 1 atom stereocenters. The number of hydrogen-bond acceptors (Lipinski definition) is 4. The summed E-state index contributed by atoms with van der Waals surface area (Å²) in [7, 11) is 0. The topological polar surface area (TPSA) is 76.4 Å². The first-order chi connectivity index (χ1) is 9.71. The molecule has 2 N–H and O–H groups in total. The minimum Gasteiger partial charge on any atom is -0.396 e. The molecule has 2 rings (SSSR count). The van der Waals surface area contributed by atoms with Crippen molar-refractivity contribution in [3.63, 3.8) is 0 Å². The Morgan fingerprint density at radius 2 is 2.40 bits per heavy atom. The minimum atomic E-state index is -0.0846. The molecule has 106 valence electrons. The van der Waals surface area contributed by atoms with Crippen molar-refractivity contribution in [2.45, 2.75) is 12.8 Å². The van der Waals surface area contributed by atoms with E-state index < -0.39 is 0 Å². The van der Waals surface area contributed by atoms with Gasteiger partial charge in [-0.2, -0.15) is 5.26 Å². The summed E-state index contributed by atoms with van der Waals surface area (Å²) in [6.07, 6.45) is 2.04. The first-order valence-corrected chi connectivity index (χ1v) is 6.84. The minimum absolute atomic E-state index is 0.0846. The van der Waals surface area contributed by atoms with Gasteiger partial charge in [0.1, 0.15) is 0 Å². The van der Waals surface area contributed by atoms with Crippen molar-refractivity contribution >= 4 is 11.6 Å². The van der Waals surface area contributed by atoms with E-state index in [0.717, 1.165) is 25.9 Å². The molecular formula is C15H19N3O2. The molecule has 1 aromatic carbocycles. The number of aliphatic hydroxyl groups excluding tert-OH is 1. The van der Waals surface area contributed by atoms with Crippen LogP contribution in [0.4, 0.5) is 5.69 Å². The Morgan fingerprint density at radius 1 is 1.55 bits per heavy atom. The molecule has 0 bridgehead atoms. The fraction of sp³-hybridized carbons (Fsp3) is 0.467. The van der Waals surface area contributed by atoms with Gasteiger partial charge in [-0.3, -0.25) is 9.69 Å². The van der Waals surface area contributed by atoms with Crippen LogP contribution in [0.3, 0.4) is 0 Å². The third-order valence-corrected chi connectivity index (χ3v) is 3.50. The predicted octanol–water partition coefficient (Wildman–Crippen LogP) is 1.20. The van der Waals surface area contributed by atoms with Gasteiger partial charge in [-0.15, -0.1) is 0 Å². The number of carbonyl (C=O) groups is 1. The average Bonchev–Trinajstić information content (AvgIpc) is 2.47. The van der Waals surface area contributed by atoms with Crippen LogP contribution in [0.25, 0.3) is 0 Å². The van der Waals surface area contributed by atoms with E-state index in [0.29, 0.717) is 17.8 Å². The summed E-state index contributed by atoms with van der Waals surface area (Å²) in [6, 6.07) is 8.92. The zero-order chi connectivity index (χ0) is 14.4. The van der Waals surface area contributed by atoms with Crippen LogP contribution in [0.1, 0.15) is 18.4 Å². The number of nitrogens with one attached hydrogen (secondary N) is 1. The van der Waals surface area contributed by atoms with Gasteiger partial charge in [0, 0.05) is 18.8 Å². The lowest BCUT2D eigenvalue weighted by atomic mass is 9.99. The molecule has 5 nitrogen and oxygen atoms in total. The van der Waals surface area contributed by atoms with Gasteiger partial charge in [-0.25, -0.2) is 0 Å². The molecule has 5 heteroatoms. The molecule has 1 amide bonds. The van der Waals surface area contributed by atoms with Crippen LogP contribution in [0, 0.1) is 17.2 Å². The van der Waals surface area contributed by atoms with E-state index >= 15 is 0 Å². The number of amides is 1. The summed E-state index contributed by atoms with van der Waals surface area (Å²) in [5.41, 5.74) is 1.17. The molecule has 0 aromatic heterocycles. The van der Waals surface area contributed by atoms with E-state index in [2.05, 4.69) is 10.2 Å². The highest BCUT2D eigenvalue weighted by molar-refractivity contribution is 5.92. The summed E-state index contributed by atoms with van der Waals surface area (Å²) in [6.45, 7) is 2.17. The summed E-state index contributed by atoms with van der Waals surface area (Å²) in [5.74, 6) is 0.192. The van der Waals surface area contributed by atoms with E-state index in [-0.39, 0.29) is 18.4 Å². The smallest absolute Gasteiger partial charge is 0.238 e. The molecule has 0 radical (unpaired) electrons. The second-order valence-corrected chi connectivity index (χ2v) is 5.17. The van der Waals surface area contributed by atoms with Crippen LogP contribution in [-0.2, 0) is 4.79 Å². The number of hydrogen-bond donors (Lipinski definition) is 2. The van der Waals surface area contributed by atoms with E-state index in [1.165, 1.54) is 0 Å². The molecule has 1 unspecified atom stereocenters. The summed E-state index contributed by atoms with van der Waals surface area (Å²) >= 11 is 0. The van der Waals surface area contributed by atoms with Gasteiger partial charge in [0.2, 0.25) is 5.91 Å². The van der Waals surface area contributed by atoms with E-state index in [1.807, 2.05) is 6.07 Å². The summed E-state index contributed by atoms with van der Waals surface area (Å²) in [4.78, 5) is 14.0. The van der Waals surface area contributed by atoms with E-state index in [1.54, 1.807) is 24.3 Å². The van der Waals surface area contributed by atoms with Crippen molar-refractivity contribution < 1.29 is 9.90 Å². The number of piperidine rings is 1. The monoisotopic (exact) mass is 273 g/mol. The lowest BCUT2D eigenvalue weighted by molar-refractivity contribution is -0.117. The number of benzene rings is 1. The molecule has 20 heavy (non-hydrogen) atoms. The molecule has 0 spiro atoms. The number of likely N-dealkylation sites (tertiary alicyclic amines) is 1. The van der Waals surface area contributed by atoms with Crippen molar-refractivity contribution in [1.29, 1.82) is 5.26 Å². The molecule has 1 heterocycles. The van der Waals surface area contributed by atoms with Crippen molar-refractivity contribution in [3.8, 4) is 6.07 Å². The van der Waals surface area contributed by atoms with Gasteiger partial charge in [0.05, 0.1) is 18.2 Å². The third-order valence-electron chi connectivity index (χ3n) is 3.50. The van der Waals surface area contributed by atoms with Crippen LogP contribution >= 0.6 is 0 Å². The van der Waals surface area contributed by atoms with Crippen molar-refractivity contribution in [3.05, 3.63) is 29.8 Å². The number of carbonyl (C=O) groups excluding carboxylic acids is 1. The molecule has 1 aliphatic rings. The van der Waals surface area contributed by atoms with Crippen molar-refractivity contribution in [2.75, 3.05) is 31.6 Å². The SMILES string of the molecule is N#Cc1cccc(NC(=O)CN2CCCC(CO)C2)c1. The molecule has 0 saturated carbocycles. The number of nitriles is 1. The highest BCUT2D eigenvalue weighted by Crippen LogP contribution is 2.16. The second kappa shape index (κ2) is 7.04. The molecule has 0 aliphatic carbocycles. The van der Waals surface area contributed by atoms with Gasteiger partial charge < -0.3 is 10.4 Å². The molecule has 1 saturated heterocycles. The van der Waals surface area contributed by atoms with Crippen LogP contribution in [0.5, 0.6) is 0 Å². The number of nitrogens with zero attached hydrogens (tertiary/aromatic N) is 2. The normalized spacial score (nSPS) is 19.3. The quantitative estimate of drug-likeness (QED) is 0.864. The molecule has 1 fully saturated rings. The maximum atomic E-state index is 12.0. The average molecular weight is 273 g/mol. The van der Waals surface area contributed by atoms with E-state index in [9.17, 15) is 9.90 Å². The maximum Gasteiger partial charge on any atom is 0.238 e. The Kier molecular flexibility index (Phi) is 5.10. The Hall–Kier alpha value is -1.90. The maximum absolute atomic E-state index is 12.0. The van der Waals surface area contributed by atoms with Gasteiger partial charge in [0.25, 0.3) is 0 Å². The number of anilines is 1. The molecular weight excluding hydrogens is 254 g/mol. The highest BCUT2D eigenvalue weighted by atomic mass is 16.3. The lowest BCUT2D eigenvalue weighted by Gasteiger charge is -2.31. The first kappa shape index (κ1) is 14.5.